The fourth-order valence-electron chi connectivity index (χ4n) is 2.58. The Bertz CT molecular complexity index is 681. The molecular formula is C14H8F11I. The van der Waals surface area contributed by atoms with Crippen LogP contribution in [0, 0.1) is 0 Å². The van der Waals surface area contributed by atoms with Crippen molar-refractivity contribution in [2.75, 3.05) is 0 Å². The summed E-state index contributed by atoms with van der Waals surface area (Å²) in [5, 5.41) is 0. The van der Waals surface area contributed by atoms with E-state index >= 15 is 0 Å². The molecule has 1 aromatic rings. The van der Waals surface area contributed by atoms with Gasteiger partial charge in [0.25, 0.3) is 5.67 Å². The van der Waals surface area contributed by atoms with Gasteiger partial charge in [-0.1, -0.05) is 46.9 Å². The standard InChI is InChI=1S/C14H8F11I/c1-6(26)7-3-2-4-8(5-7)9(15)10(16,17)12(20,21)14(24,25)13(22,23)11(9,18)19/h2-6H,1H3. The first-order valence-electron chi connectivity index (χ1n) is 6.73. The van der Waals surface area contributed by atoms with Crippen LogP contribution in [-0.2, 0) is 5.67 Å². The molecule has 26 heavy (non-hydrogen) atoms. The van der Waals surface area contributed by atoms with E-state index in [2.05, 4.69) is 0 Å². The van der Waals surface area contributed by atoms with E-state index in [0.717, 1.165) is 6.07 Å². The molecule has 0 radical (unpaired) electrons. The maximum Gasteiger partial charge on any atom is 0.384 e. The highest BCUT2D eigenvalue weighted by Gasteiger charge is 3.01. The number of benzene rings is 1. The van der Waals surface area contributed by atoms with Gasteiger partial charge in [-0.05, 0) is 12.5 Å². The van der Waals surface area contributed by atoms with E-state index in [4.69, 9.17) is 0 Å². The van der Waals surface area contributed by atoms with Gasteiger partial charge in [-0.3, -0.25) is 0 Å². The van der Waals surface area contributed by atoms with Crippen LogP contribution < -0.4 is 0 Å². The maximum atomic E-state index is 14.8. The summed E-state index contributed by atoms with van der Waals surface area (Å²) < 4.78 is 150. The summed E-state index contributed by atoms with van der Waals surface area (Å²) in [4.78, 5) is 0. The predicted molar refractivity (Wildman–Crippen MR) is 76.4 cm³/mol. The molecule has 1 aliphatic carbocycles. The number of alkyl halides is 12. The predicted octanol–water partition coefficient (Wildman–Crippen LogP) is 6.54. The Balaban J connectivity index is 2.91. The van der Waals surface area contributed by atoms with Crippen molar-refractivity contribution in [2.24, 2.45) is 0 Å². The van der Waals surface area contributed by atoms with E-state index in [9.17, 15) is 48.3 Å². The quantitative estimate of drug-likeness (QED) is 0.240. The van der Waals surface area contributed by atoms with Crippen molar-refractivity contribution in [1.82, 2.24) is 0 Å². The molecule has 0 bridgehead atoms. The first-order valence-corrected chi connectivity index (χ1v) is 7.98. The zero-order chi connectivity index (χ0) is 20.6. The minimum absolute atomic E-state index is 0.139. The average Bonchev–Trinajstić information content (AvgIpc) is 2.52. The van der Waals surface area contributed by atoms with E-state index in [1.807, 2.05) is 0 Å². The van der Waals surface area contributed by atoms with Crippen molar-refractivity contribution in [3.8, 4) is 0 Å². The van der Waals surface area contributed by atoms with Gasteiger partial charge in [-0.25, -0.2) is 4.39 Å². The topological polar surface area (TPSA) is 0 Å². The smallest absolute Gasteiger partial charge is 0.225 e. The molecule has 1 aliphatic rings. The fourth-order valence-corrected chi connectivity index (χ4v) is 2.97. The molecule has 148 valence electrons. The van der Waals surface area contributed by atoms with E-state index in [1.165, 1.54) is 6.92 Å². The Morgan fingerprint density at radius 1 is 0.692 bits per heavy atom. The summed E-state index contributed by atoms with van der Waals surface area (Å²) in [5.74, 6) is -35.1. The van der Waals surface area contributed by atoms with Gasteiger partial charge in [0, 0.05) is 9.49 Å². The van der Waals surface area contributed by atoms with Gasteiger partial charge in [0.1, 0.15) is 0 Å². The third-order valence-corrected chi connectivity index (χ3v) is 4.91. The lowest BCUT2D eigenvalue weighted by Gasteiger charge is -2.52. The second-order valence-corrected chi connectivity index (χ2v) is 7.64. The van der Waals surface area contributed by atoms with Crippen molar-refractivity contribution in [2.45, 2.75) is 46.1 Å². The van der Waals surface area contributed by atoms with Crippen molar-refractivity contribution >= 4 is 22.6 Å². The molecule has 1 saturated carbocycles. The van der Waals surface area contributed by atoms with Crippen LogP contribution in [0.25, 0.3) is 0 Å². The monoisotopic (exact) mass is 512 g/mol. The van der Waals surface area contributed by atoms with Crippen molar-refractivity contribution in [3.63, 3.8) is 0 Å². The largest absolute Gasteiger partial charge is 0.384 e. The Morgan fingerprint density at radius 3 is 1.46 bits per heavy atom. The van der Waals surface area contributed by atoms with Gasteiger partial charge in [-0.2, -0.15) is 43.9 Å². The molecule has 1 aromatic carbocycles. The lowest BCUT2D eigenvalue weighted by atomic mass is 9.69. The molecule has 0 spiro atoms. The second kappa shape index (κ2) is 5.60. The van der Waals surface area contributed by atoms with E-state index in [1.54, 1.807) is 22.6 Å². The van der Waals surface area contributed by atoms with Gasteiger partial charge >= 0.3 is 29.6 Å². The molecule has 0 aromatic heterocycles. The molecule has 0 amide bonds. The number of rotatable bonds is 2. The van der Waals surface area contributed by atoms with Gasteiger partial charge < -0.3 is 0 Å². The Labute approximate surface area is 152 Å². The zero-order valence-corrected chi connectivity index (χ0v) is 14.6. The highest BCUT2D eigenvalue weighted by atomic mass is 127. The Kier molecular flexibility index (Phi) is 4.62. The first-order chi connectivity index (χ1) is 11.4. The van der Waals surface area contributed by atoms with Crippen LogP contribution in [0.15, 0.2) is 24.3 Å². The van der Waals surface area contributed by atoms with Gasteiger partial charge in [0.05, 0.1) is 0 Å². The van der Waals surface area contributed by atoms with Crippen LogP contribution in [0.4, 0.5) is 48.3 Å². The van der Waals surface area contributed by atoms with Gasteiger partial charge in [0.15, 0.2) is 0 Å². The lowest BCUT2D eigenvalue weighted by Crippen LogP contribution is -2.82. The Hall–Kier alpha value is -0.820. The molecule has 2 rings (SSSR count). The molecule has 1 unspecified atom stereocenters. The minimum atomic E-state index is -7.20. The van der Waals surface area contributed by atoms with Crippen molar-refractivity contribution < 1.29 is 48.3 Å². The van der Waals surface area contributed by atoms with Crippen LogP contribution in [0.5, 0.6) is 0 Å². The molecule has 1 fully saturated rings. The van der Waals surface area contributed by atoms with Crippen LogP contribution in [0.1, 0.15) is 22.0 Å². The maximum absolute atomic E-state index is 14.8. The van der Waals surface area contributed by atoms with Crippen molar-refractivity contribution in [1.29, 1.82) is 0 Å². The second-order valence-electron chi connectivity index (χ2n) is 5.77. The van der Waals surface area contributed by atoms with Crippen LogP contribution >= 0.6 is 22.6 Å². The SMILES string of the molecule is CC(I)c1cccc(C2(F)C(F)(F)C(F)(F)C(F)(F)C(F)(F)C2(F)F)c1. The van der Waals surface area contributed by atoms with Crippen LogP contribution in [0.2, 0.25) is 0 Å². The normalized spacial score (nSPS) is 28.3. The average molecular weight is 512 g/mol. The number of halogens is 12. The van der Waals surface area contributed by atoms with Gasteiger partial charge in [-0.15, -0.1) is 0 Å². The molecule has 0 aliphatic heterocycles. The Morgan fingerprint density at radius 2 is 1.08 bits per heavy atom. The molecular weight excluding hydrogens is 504 g/mol. The highest BCUT2D eigenvalue weighted by molar-refractivity contribution is 14.1. The summed E-state index contributed by atoms with van der Waals surface area (Å²) in [6.45, 7) is 1.37. The van der Waals surface area contributed by atoms with E-state index < -0.39 is 44.8 Å². The summed E-state index contributed by atoms with van der Waals surface area (Å²) in [6.07, 6.45) is 0. The molecule has 0 saturated heterocycles. The molecule has 12 heteroatoms. The summed E-state index contributed by atoms with van der Waals surface area (Å²) in [5.41, 5.74) is -8.19. The highest BCUT2D eigenvalue weighted by Crippen LogP contribution is 2.72. The van der Waals surface area contributed by atoms with E-state index in [-0.39, 0.29) is 17.7 Å². The first kappa shape index (κ1) is 21.5. The van der Waals surface area contributed by atoms with Crippen LogP contribution in [0.3, 0.4) is 0 Å². The number of hydrogen-bond acceptors (Lipinski definition) is 0. The minimum Gasteiger partial charge on any atom is -0.225 e. The molecule has 0 N–H and O–H groups in total. The summed E-state index contributed by atoms with van der Waals surface area (Å²) in [7, 11) is 0. The van der Waals surface area contributed by atoms with Crippen LogP contribution in [-0.4, -0.2) is 29.6 Å². The summed E-state index contributed by atoms with van der Waals surface area (Å²) in [6, 6.07) is 2.18. The molecule has 0 nitrogen and oxygen atoms in total. The lowest BCUT2D eigenvalue weighted by molar-refractivity contribution is -0.489. The third-order valence-electron chi connectivity index (χ3n) is 4.19. The van der Waals surface area contributed by atoms with Gasteiger partial charge in [0.2, 0.25) is 0 Å². The fraction of sp³-hybridized carbons (Fsp3) is 0.571. The van der Waals surface area contributed by atoms with Crippen molar-refractivity contribution in [3.05, 3.63) is 35.4 Å². The molecule has 0 heterocycles. The third kappa shape index (κ3) is 2.13. The molecule has 1 atom stereocenters. The van der Waals surface area contributed by atoms with E-state index in [0.29, 0.717) is 6.07 Å². The zero-order valence-electron chi connectivity index (χ0n) is 12.4. The summed E-state index contributed by atoms with van der Waals surface area (Å²) >= 11 is 1.62. The number of hydrogen-bond donors (Lipinski definition) is 0.